The molecule has 84 valence electrons. The third-order valence-electron chi connectivity index (χ3n) is 3.58. The average Bonchev–Trinajstić information content (AvgIpc) is 2.48. The van der Waals surface area contributed by atoms with Crippen molar-refractivity contribution in [1.29, 1.82) is 0 Å². The molecule has 0 N–H and O–H groups in total. The van der Waals surface area contributed by atoms with Gasteiger partial charge in [-0.15, -0.1) is 0 Å². The minimum absolute atomic E-state index is 0.245. The maximum Gasteiger partial charge on any atom is 0.160 e. The Labute approximate surface area is 100 Å². The highest BCUT2D eigenvalue weighted by molar-refractivity contribution is 6.55. The fourth-order valence-electron chi connectivity index (χ4n) is 2.84. The van der Waals surface area contributed by atoms with Crippen LogP contribution in [0.5, 0.6) is 0 Å². The molecule has 1 aliphatic carbocycles. The normalized spacial score (nSPS) is 24.7. The molecule has 2 nitrogen and oxygen atoms in total. The van der Waals surface area contributed by atoms with Crippen LogP contribution in [0.2, 0.25) is 0 Å². The molecule has 0 bridgehead atoms. The molecule has 1 aliphatic heterocycles. The topological polar surface area (TPSA) is 20.3 Å². The first-order valence-corrected chi connectivity index (χ1v) is 6.24. The first kappa shape index (κ1) is 11.3. The molecule has 0 aromatic rings. The number of Topliss-reactive ketones (excluding diaryl/α,β-unsaturated/α-hetero) is 1. The number of rotatable bonds is 1. The van der Waals surface area contributed by atoms with Crippen LogP contribution in [-0.2, 0) is 4.79 Å². The lowest BCUT2D eigenvalue weighted by Crippen LogP contribution is -2.47. The maximum absolute atomic E-state index is 12.0. The minimum Gasteiger partial charge on any atom is -0.362 e. The lowest BCUT2D eigenvalue weighted by molar-refractivity contribution is -0.125. The Morgan fingerprint density at radius 2 is 1.93 bits per heavy atom. The van der Waals surface area contributed by atoms with Gasteiger partial charge in [0.25, 0.3) is 0 Å². The Kier molecular flexibility index (Phi) is 3.27. The molecule has 0 unspecified atom stereocenters. The molecule has 0 amide bonds. The molecule has 0 radical (unpaired) electrons. The van der Waals surface area contributed by atoms with Crippen LogP contribution >= 0.6 is 23.2 Å². The molecule has 4 heteroatoms. The molecule has 15 heavy (non-hydrogen) atoms. The molecule has 1 saturated heterocycles. The summed E-state index contributed by atoms with van der Waals surface area (Å²) in [6.07, 6.45) is 7.79. The summed E-state index contributed by atoms with van der Waals surface area (Å²) >= 11 is 11.4. The molecule has 0 atom stereocenters. The van der Waals surface area contributed by atoms with Crippen LogP contribution in [0.1, 0.15) is 38.5 Å². The van der Waals surface area contributed by atoms with E-state index in [0.29, 0.717) is 12.2 Å². The summed E-state index contributed by atoms with van der Waals surface area (Å²) in [5.41, 5.74) is -0.271. The number of carbonyl (C=O) groups excluding carboxylic acids is 1. The Bertz CT molecular complexity index is 291. The van der Waals surface area contributed by atoms with Gasteiger partial charge in [-0.3, -0.25) is 4.79 Å². The van der Waals surface area contributed by atoms with E-state index in [1.165, 1.54) is 6.42 Å². The number of hydrogen-bond donors (Lipinski definition) is 0. The predicted molar refractivity (Wildman–Crippen MR) is 61.9 cm³/mol. The van der Waals surface area contributed by atoms with Gasteiger partial charge in [-0.1, -0.05) is 42.5 Å². The molecule has 2 fully saturated rings. The SMILES string of the molecule is O=C1CCN(C=C(Cl)Cl)C12CCCCC2. The number of carbonyl (C=O) groups is 1. The molecule has 1 saturated carbocycles. The summed E-state index contributed by atoms with van der Waals surface area (Å²) in [6.45, 7) is 0.766. The van der Waals surface area contributed by atoms with Crippen molar-refractivity contribution in [2.75, 3.05) is 6.54 Å². The summed E-state index contributed by atoms with van der Waals surface area (Å²) in [4.78, 5) is 14.0. The average molecular weight is 248 g/mol. The van der Waals surface area contributed by atoms with Crippen LogP contribution < -0.4 is 0 Å². The van der Waals surface area contributed by atoms with Gasteiger partial charge in [0.15, 0.2) is 5.78 Å². The van der Waals surface area contributed by atoms with Crippen LogP contribution in [0.25, 0.3) is 0 Å². The van der Waals surface area contributed by atoms with Gasteiger partial charge in [-0.25, -0.2) is 0 Å². The zero-order chi connectivity index (χ0) is 10.9. The lowest BCUT2D eigenvalue weighted by atomic mass is 9.79. The van der Waals surface area contributed by atoms with Crippen molar-refractivity contribution in [1.82, 2.24) is 4.90 Å². The van der Waals surface area contributed by atoms with Crippen molar-refractivity contribution >= 4 is 29.0 Å². The molecular weight excluding hydrogens is 233 g/mol. The molecule has 1 spiro atoms. The van der Waals surface area contributed by atoms with Gasteiger partial charge in [0, 0.05) is 19.2 Å². The van der Waals surface area contributed by atoms with Crippen molar-refractivity contribution in [2.45, 2.75) is 44.1 Å². The number of ketones is 1. The standard InChI is InChI=1S/C11H15Cl2NO/c12-10(13)8-14-7-4-9(15)11(14)5-2-1-3-6-11/h8H,1-7H2. The van der Waals surface area contributed by atoms with Crippen molar-refractivity contribution in [2.24, 2.45) is 0 Å². The van der Waals surface area contributed by atoms with Crippen LogP contribution in [0, 0.1) is 0 Å². The minimum atomic E-state index is -0.271. The Morgan fingerprint density at radius 1 is 1.27 bits per heavy atom. The fraction of sp³-hybridized carbons (Fsp3) is 0.727. The zero-order valence-corrected chi connectivity index (χ0v) is 10.2. The van der Waals surface area contributed by atoms with Crippen molar-refractivity contribution in [3.8, 4) is 0 Å². The van der Waals surface area contributed by atoms with E-state index in [4.69, 9.17) is 23.2 Å². The van der Waals surface area contributed by atoms with E-state index >= 15 is 0 Å². The highest BCUT2D eigenvalue weighted by atomic mass is 35.5. The van der Waals surface area contributed by atoms with Crippen LogP contribution in [0.3, 0.4) is 0 Å². The van der Waals surface area contributed by atoms with Gasteiger partial charge >= 0.3 is 0 Å². The summed E-state index contributed by atoms with van der Waals surface area (Å²) in [6, 6.07) is 0. The van der Waals surface area contributed by atoms with Crippen molar-refractivity contribution in [3.05, 3.63) is 10.7 Å². The number of halogens is 2. The molecule has 0 aromatic heterocycles. The van der Waals surface area contributed by atoms with Gasteiger partial charge in [0.1, 0.15) is 4.49 Å². The summed E-state index contributed by atoms with van der Waals surface area (Å²) in [5.74, 6) is 0.369. The van der Waals surface area contributed by atoms with E-state index < -0.39 is 0 Å². The van der Waals surface area contributed by atoms with Gasteiger partial charge in [0.05, 0.1) is 5.54 Å². The maximum atomic E-state index is 12.0. The van der Waals surface area contributed by atoms with Crippen LogP contribution in [0.4, 0.5) is 0 Å². The van der Waals surface area contributed by atoms with E-state index in [-0.39, 0.29) is 10.0 Å². The lowest BCUT2D eigenvalue weighted by Gasteiger charge is -2.39. The van der Waals surface area contributed by atoms with E-state index in [1.807, 2.05) is 0 Å². The Hall–Kier alpha value is -0.210. The van der Waals surface area contributed by atoms with E-state index in [2.05, 4.69) is 4.90 Å². The van der Waals surface area contributed by atoms with E-state index in [0.717, 1.165) is 32.2 Å². The zero-order valence-electron chi connectivity index (χ0n) is 8.64. The van der Waals surface area contributed by atoms with Crippen molar-refractivity contribution < 1.29 is 4.79 Å². The quantitative estimate of drug-likeness (QED) is 0.710. The number of likely N-dealkylation sites (tertiary alicyclic amines) is 1. The number of nitrogens with zero attached hydrogens (tertiary/aromatic N) is 1. The highest BCUT2D eigenvalue weighted by Gasteiger charge is 2.47. The first-order chi connectivity index (χ1) is 7.15. The second-order valence-corrected chi connectivity index (χ2v) is 5.39. The summed E-state index contributed by atoms with van der Waals surface area (Å²) in [5, 5.41) is 0. The fourth-order valence-corrected chi connectivity index (χ4v) is 3.07. The Balaban J connectivity index is 2.24. The second kappa shape index (κ2) is 4.34. The van der Waals surface area contributed by atoms with Crippen LogP contribution in [-0.4, -0.2) is 22.8 Å². The van der Waals surface area contributed by atoms with E-state index in [1.54, 1.807) is 6.20 Å². The molecule has 2 rings (SSSR count). The molecule has 2 aliphatic rings. The smallest absolute Gasteiger partial charge is 0.160 e. The first-order valence-electron chi connectivity index (χ1n) is 5.48. The summed E-state index contributed by atoms with van der Waals surface area (Å²) in [7, 11) is 0. The summed E-state index contributed by atoms with van der Waals surface area (Å²) < 4.78 is 0.245. The van der Waals surface area contributed by atoms with Crippen molar-refractivity contribution in [3.63, 3.8) is 0 Å². The third-order valence-corrected chi connectivity index (χ3v) is 3.78. The monoisotopic (exact) mass is 247 g/mol. The molecule has 1 heterocycles. The third kappa shape index (κ3) is 2.02. The van der Waals surface area contributed by atoms with Gasteiger partial charge in [-0.2, -0.15) is 0 Å². The molecular formula is C11H15Cl2NO. The van der Waals surface area contributed by atoms with Gasteiger partial charge in [0.2, 0.25) is 0 Å². The van der Waals surface area contributed by atoms with E-state index in [9.17, 15) is 4.79 Å². The predicted octanol–water partition coefficient (Wildman–Crippen LogP) is 3.24. The highest BCUT2D eigenvalue weighted by Crippen LogP contribution is 2.40. The van der Waals surface area contributed by atoms with Crippen LogP contribution in [0.15, 0.2) is 10.7 Å². The second-order valence-electron chi connectivity index (χ2n) is 4.38. The molecule has 0 aromatic carbocycles. The Morgan fingerprint density at radius 3 is 2.53 bits per heavy atom. The van der Waals surface area contributed by atoms with Gasteiger partial charge < -0.3 is 4.90 Å². The van der Waals surface area contributed by atoms with Gasteiger partial charge in [-0.05, 0) is 12.8 Å². The number of hydrogen-bond acceptors (Lipinski definition) is 2. The largest absolute Gasteiger partial charge is 0.362 e.